The summed E-state index contributed by atoms with van der Waals surface area (Å²) in [6, 6.07) is 4.80. The Balaban J connectivity index is 1.34. The Hall–Kier alpha value is -1.36. The monoisotopic (exact) mass is 388 g/mol. The second kappa shape index (κ2) is 8.34. The van der Waals surface area contributed by atoms with Crippen molar-refractivity contribution in [2.45, 2.75) is 76.8 Å². The average Bonchev–Trinajstić information content (AvgIpc) is 3.39. The van der Waals surface area contributed by atoms with Gasteiger partial charge < -0.3 is 9.80 Å². The van der Waals surface area contributed by atoms with Crippen LogP contribution in [0.1, 0.15) is 74.4 Å². The summed E-state index contributed by atoms with van der Waals surface area (Å²) in [5.41, 5.74) is 0. The van der Waals surface area contributed by atoms with Crippen LogP contribution in [0, 0.1) is 11.8 Å². The van der Waals surface area contributed by atoms with E-state index in [0.717, 1.165) is 23.6 Å². The largest absolute Gasteiger partial charge is 0.338 e. The molecule has 1 aromatic rings. The number of carbonyl (C=O) groups is 2. The lowest BCUT2D eigenvalue weighted by Gasteiger charge is -2.40. The molecule has 2 saturated carbocycles. The molecule has 0 aromatic carbocycles. The minimum atomic E-state index is 0.113. The third kappa shape index (κ3) is 4.23. The zero-order valence-corrected chi connectivity index (χ0v) is 17.3. The van der Waals surface area contributed by atoms with Crippen LogP contribution in [-0.2, 0) is 4.79 Å². The normalized spacial score (nSPS) is 26.8. The van der Waals surface area contributed by atoms with E-state index in [-0.39, 0.29) is 11.8 Å². The summed E-state index contributed by atoms with van der Waals surface area (Å²) in [5, 5.41) is 1.95. The SMILES string of the molecule is CCC1CCC(N(C(=O)C2CCN(C(=O)c3cccs3)CC2)C2CC2)CC1. The third-order valence-corrected chi connectivity index (χ3v) is 7.70. The molecule has 27 heavy (non-hydrogen) atoms. The van der Waals surface area contributed by atoms with Crippen molar-refractivity contribution >= 4 is 23.2 Å². The van der Waals surface area contributed by atoms with Crippen LogP contribution in [-0.4, -0.2) is 46.8 Å². The highest BCUT2D eigenvalue weighted by molar-refractivity contribution is 7.12. The Morgan fingerprint density at radius 1 is 1.04 bits per heavy atom. The van der Waals surface area contributed by atoms with Gasteiger partial charge in [0.2, 0.25) is 5.91 Å². The van der Waals surface area contributed by atoms with Crippen LogP contribution in [0.5, 0.6) is 0 Å². The zero-order valence-electron chi connectivity index (χ0n) is 16.4. The van der Waals surface area contributed by atoms with Gasteiger partial charge >= 0.3 is 0 Å². The zero-order chi connectivity index (χ0) is 18.8. The highest BCUT2D eigenvalue weighted by atomic mass is 32.1. The van der Waals surface area contributed by atoms with Gasteiger partial charge in [-0.1, -0.05) is 19.4 Å². The lowest BCUT2D eigenvalue weighted by Crippen LogP contribution is -2.49. The summed E-state index contributed by atoms with van der Waals surface area (Å²) >= 11 is 1.50. The lowest BCUT2D eigenvalue weighted by molar-refractivity contribution is -0.141. The fourth-order valence-electron chi connectivity index (χ4n) is 4.94. The van der Waals surface area contributed by atoms with Crippen molar-refractivity contribution in [3.63, 3.8) is 0 Å². The van der Waals surface area contributed by atoms with E-state index in [2.05, 4.69) is 11.8 Å². The molecule has 3 aliphatic rings. The Morgan fingerprint density at radius 3 is 2.19 bits per heavy atom. The second-order valence-electron chi connectivity index (χ2n) is 8.60. The van der Waals surface area contributed by atoms with Crippen molar-refractivity contribution in [3.05, 3.63) is 22.4 Å². The van der Waals surface area contributed by atoms with E-state index in [9.17, 15) is 9.59 Å². The van der Waals surface area contributed by atoms with Crippen molar-refractivity contribution in [3.8, 4) is 0 Å². The van der Waals surface area contributed by atoms with Gasteiger partial charge in [-0.2, -0.15) is 0 Å². The summed E-state index contributed by atoms with van der Waals surface area (Å²) in [6.45, 7) is 3.72. The number of likely N-dealkylation sites (tertiary alicyclic amines) is 1. The molecule has 2 heterocycles. The average molecular weight is 389 g/mol. The maximum absolute atomic E-state index is 13.4. The molecular weight excluding hydrogens is 356 g/mol. The molecule has 1 saturated heterocycles. The minimum Gasteiger partial charge on any atom is -0.338 e. The van der Waals surface area contributed by atoms with Crippen molar-refractivity contribution in [2.75, 3.05) is 13.1 Å². The molecule has 4 rings (SSSR count). The number of amides is 2. The first-order valence-corrected chi connectivity index (χ1v) is 11.7. The number of piperidine rings is 1. The van der Waals surface area contributed by atoms with Gasteiger partial charge in [0, 0.05) is 31.1 Å². The molecule has 0 radical (unpaired) electrons. The number of nitrogens with zero attached hydrogens (tertiary/aromatic N) is 2. The first-order valence-electron chi connectivity index (χ1n) is 10.8. The van der Waals surface area contributed by atoms with E-state index in [1.165, 1.54) is 56.3 Å². The number of thiophene rings is 1. The minimum absolute atomic E-state index is 0.113. The van der Waals surface area contributed by atoms with E-state index in [1.807, 2.05) is 22.4 Å². The van der Waals surface area contributed by atoms with Gasteiger partial charge in [0.15, 0.2) is 0 Å². The van der Waals surface area contributed by atoms with E-state index in [4.69, 9.17) is 0 Å². The lowest BCUT2D eigenvalue weighted by atomic mass is 9.83. The summed E-state index contributed by atoms with van der Waals surface area (Å²) in [7, 11) is 0. The predicted molar refractivity (Wildman–Crippen MR) is 109 cm³/mol. The van der Waals surface area contributed by atoms with Crippen molar-refractivity contribution < 1.29 is 9.59 Å². The molecule has 1 aliphatic heterocycles. The molecule has 2 aliphatic carbocycles. The molecule has 0 bridgehead atoms. The first kappa shape index (κ1) is 19.0. The third-order valence-electron chi connectivity index (χ3n) is 6.85. The van der Waals surface area contributed by atoms with Gasteiger partial charge in [0.25, 0.3) is 5.91 Å². The van der Waals surface area contributed by atoms with Crippen LogP contribution in [0.3, 0.4) is 0 Å². The molecular formula is C22H32N2O2S. The first-order chi connectivity index (χ1) is 13.2. The molecule has 1 aromatic heterocycles. The number of hydrogen-bond donors (Lipinski definition) is 0. The van der Waals surface area contributed by atoms with Gasteiger partial charge in [0.05, 0.1) is 4.88 Å². The molecule has 5 heteroatoms. The van der Waals surface area contributed by atoms with E-state index >= 15 is 0 Å². The summed E-state index contributed by atoms with van der Waals surface area (Å²) in [6.07, 6.45) is 10.3. The van der Waals surface area contributed by atoms with Crippen molar-refractivity contribution in [2.24, 2.45) is 11.8 Å². The molecule has 4 nitrogen and oxygen atoms in total. The molecule has 2 amide bonds. The van der Waals surface area contributed by atoms with Gasteiger partial charge in [-0.15, -0.1) is 11.3 Å². The molecule has 0 spiro atoms. The number of rotatable bonds is 5. The molecule has 0 N–H and O–H groups in total. The highest BCUT2D eigenvalue weighted by Crippen LogP contribution is 2.38. The van der Waals surface area contributed by atoms with Crippen LogP contribution in [0.15, 0.2) is 17.5 Å². The highest BCUT2D eigenvalue weighted by Gasteiger charge is 2.41. The van der Waals surface area contributed by atoms with Crippen LogP contribution < -0.4 is 0 Å². The number of carbonyl (C=O) groups excluding carboxylic acids is 2. The van der Waals surface area contributed by atoms with Crippen LogP contribution in [0.4, 0.5) is 0 Å². The fourth-order valence-corrected chi connectivity index (χ4v) is 5.63. The summed E-state index contributed by atoms with van der Waals surface area (Å²) in [5.74, 6) is 1.50. The van der Waals surface area contributed by atoms with E-state index in [0.29, 0.717) is 31.1 Å². The predicted octanol–water partition coefficient (Wildman–Crippen LogP) is 4.56. The quantitative estimate of drug-likeness (QED) is 0.742. The fraction of sp³-hybridized carbons (Fsp3) is 0.727. The molecule has 0 unspecified atom stereocenters. The molecule has 148 valence electrons. The maximum Gasteiger partial charge on any atom is 0.263 e. The second-order valence-corrected chi connectivity index (χ2v) is 9.55. The van der Waals surface area contributed by atoms with Crippen LogP contribution >= 0.6 is 11.3 Å². The molecule has 0 atom stereocenters. The van der Waals surface area contributed by atoms with Gasteiger partial charge in [-0.3, -0.25) is 9.59 Å². The van der Waals surface area contributed by atoms with Crippen LogP contribution in [0.25, 0.3) is 0 Å². The standard InChI is InChI=1S/C22H32N2O2S/c1-2-16-5-7-18(8-6-16)24(19-9-10-19)21(25)17-11-13-23(14-12-17)22(26)20-4-3-15-27-20/h3-4,15-19H,2,5-14H2,1H3. The summed E-state index contributed by atoms with van der Waals surface area (Å²) < 4.78 is 0. The Kier molecular flexibility index (Phi) is 5.86. The number of hydrogen-bond acceptors (Lipinski definition) is 3. The smallest absolute Gasteiger partial charge is 0.263 e. The van der Waals surface area contributed by atoms with Crippen LogP contribution in [0.2, 0.25) is 0 Å². The van der Waals surface area contributed by atoms with E-state index in [1.54, 1.807) is 0 Å². The Morgan fingerprint density at radius 2 is 1.67 bits per heavy atom. The summed E-state index contributed by atoms with van der Waals surface area (Å²) in [4.78, 5) is 30.9. The van der Waals surface area contributed by atoms with Gasteiger partial charge in [-0.25, -0.2) is 0 Å². The van der Waals surface area contributed by atoms with Gasteiger partial charge in [0.1, 0.15) is 0 Å². The van der Waals surface area contributed by atoms with Crippen molar-refractivity contribution in [1.82, 2.24) is 9.80 Å². The Bertz CT molecular complexity index is 639. The Labute approximate surface area is 166 Å². The van der Waals surface area contributed by atoms with Crippen molar-refractivity contribution in [1.29, 1.82) is 0 Å². The topological polar surface area (TPSA) is 40.6 Å². The maximum atomic E-state index is 13.4. The van der Waals surface area contributed by atoms with Gasteiger partial charge in [-0.05, 0) is 68.7 Å². The van der Waals surface area contributed by atoms with E-state index < -0.39 is 0 Å². The molecule has 3 fully saturated rings.